The Morgan fingerprint density at radius 3 is 2.44 bits per heavy atom. The van der Waals surface area contributed by atoms with E-state index < -0.39 is 35.7 Å². The number of carbonyl (C=O) groups is 3. The highest BCUT2D eigenvalue weighted by Crippen LogP contribution is 2.43. The van der Waals surface area contributed by atoms with Crippen LogP contribution in [0.5, 0.6) is 5.75 Å². The Bertz CT molecular complexity index is 2230. The number of fused-ring (bicyclic) bond motifs is 2. The van der Waals surface area contributed by atoms with E-state index in [4.69, 9.17) is 31.2 Å². The number of primary amides is 1. The SMILES string of the molecule is COc1cc(C(=O)N2C[C@H](F)C[C@@H](NC(=O)OC(C)(C)C)C2)cc2oc(-c3cc4ccc(-c5ccc(C(N)=O)c(Cl)c5)cc4n3CC3CC3)c(C)c12. The van der Waals surface area contributed by atoms with Crippen LogP contribution in [0.2, 0.25) is 5.02 Å². The van der Waals surface area contributed by atoms with E-state index in [1.54, 1.807) is 52.1 Å². The molecule has 3 N–H and O–H groups in total. The molecule has 0 spiro atoms. The lowest BCUT2D eigenvalue weighted by molar-refractivity contribution is 0.0394. The lowest BCUT2D eigenvalue weighted by Gasteiger charge is -2.35. The zero-order valence-corrected chi connectivity index (χ0v) is 30.6. The fourth-order valence-electron chi connectivity index (χ4n) is 7.11. The van der Waals surface area contributed by atoms with Crippen molar-refractivity contribution in [2.24, 2.45) is 11.7 Å². The predicted octanol–water partition coefficient (Wildman–Crippen LogP) is 8.28. The Morgan fingerprint density at radius 1 is 1.04 bits per heavy atom. The maximum absolute atomic E-state index is 14.9. The van der Waals surface area contributed by atoms with Crippen molar-refractivity contribution >= 4 is 51.4 Å². The number of nitrogens with two attached hydrogens (primary N) is 1. The second-order valence-corrected chi connectivity index (χ2v) is 15.3. The molecule has 1 aliphatic carbocycles. The van der Waals surface area contributed by atoms with E-state index in [1.165, 1.54) is 4.90 Å². The van der Waals surface area contributed by atoms with Crippen molar-refractivity contribution in [3.8, 4) is 28.3 Å². The molecular weight excluding hydrogens is 687 g/mol. The zero-order chi connectivity index (χ0) is 37.1. The molecule has 5 aromatic rings. The maximum atomic E-state index is 14.9. The van der Waals surface area contributed by atoms with Gasteiger partial charge in [0, 0.05) is 41.5 Å². The number of alkyl halides is 1. The molecule has 3 amide bonds. The fraction of sp³-hybridized carbons (Fsp3) is 0.375. The molecule has 1 saturated heterocycles. The van der Waals surface area contributed by atoms with E-state index in [-0.39, 0.29) is 25.1 Å². The first-order chi connectivity index (χ1) is 24.7. The lowest BCUT2D eigenvalue weighted by atomic mass is 10.0. The summed E-state index contributed by atoms with van der Waals surface area (Å²) in [5.41, 5.74) is 10.4. The van der Waals surface area contributed by atoms with Crippen molar-refractivity contribution in [3.05, 3.63) is 76.3 Å². The molecule has 1 saturated carbocycles. The molecule has 0 radical (unpaired) electrons. The summed E-state index contributed by atoms with van der Waals surface area (Å²) in [5.74, 6) is 0.699. The normalized spacial score (nSPS) is 17.8. The molecule has 10 nitrogen and oxygen atoms in total. The summed E-state index contributed by atoms with van der Waals surface area (Å²) in [6.07, 6.45) is 0.399. The highest BCUT2D eigenvalue weighted by molar-refractivity contribution is 6.34. The Morgan fingerprint density at radius 2 is 1.77 bits per heavy atom. The molecule has 52 heavy (non-hydrogen) atoms. The first kappa shape index (κ1) is 35.4. The summed E-state index contributed by atoms with van der Waals surface area (Å²) < 4.78 is 35.0. The van der Waals surface area contributed by atoms with Crippen LogP contribution < -0.4 is 15.8 Å². The van der Waals surface area contributed by atoms with Crippen molar-refractivity contribution in [3.63, 3.8) is 0 Å². The smallest absolute Gasteiger partial charge is 0.407 e. The van der Waals surface area contributed by atoms with E-state index in [2.05, 4.69) is 28.1 Å². The van der Waals surface area contributed by atoms with Gasteiger partial charge in [0.25, 0.3) is 5.91 Å². The zero-order valence-electron chi connectivity index (χ0n) is 29.8. The van der Waals surface area contributed by atoms with Crippen LogP contribution in [0.4, 0.5) is 9.18 Å². The number of alkyl carbamates (subject to hydrolysis) is 1. The summed E-state index contributed by atoms with van der Waals surface area (Å²) in [5, 5.41) is 4.79. The molecule has 2 aromatic heterocycles. The number of hydrogen-bond acceptors (Lipinski definition) is 6. The van der Waals surface area contributed by atoms with Crippen LogP contribution in [-0.4, -0.2) is 65.4 Å². The summed E-state index contributed by atoms with van der Waals surface area (Å²) in [4.78, 5) is 39.5. The minimum absolute atomic E-state index is 0.0811. The fourth-order valence-corrected chi connectivity index (χ4v) is 7.38. The topological polar surface area (TPSA) is 129 Å². The number of methoxy groups -OCH3 is 1. The molecule has 2 fully saturated rings. The minimum atomic E-state index is -1.32. The van der Waals surface area contributed by atoms with Crippen LogP contribution in [-0.2, 0) is 11.3 Å². The summed E-state index contributed by atoms with van der Waals surface area (Å²) in [6.45, 7) is 8.07. The average molecular weight is 729 g/mol. The summed E-state index contributed by atoms with van der Waals surface area (Å²) >= 11 is 6.40. The largest absolute Gasteiger partial charge is 0.496 e. The Kier molecular flexibility index (Phi) is 9.19. The van der Waals surface area contributed by atoms with E-state index >= 15 is 0 Å². The number of hydrogen-bond donors (Lipinski definition) is 2. The van der Waals surface area contributed by atoms with Gasteiger partial charge in [0.1, 0.15) is 23.1 Å². The van der Waals surface area contributed by atoms with Crippen molar-refractivity contribution < 1.29 is 32.7 Å². The van der Waals surface area contributed by atoms with Crippen LogP contribution in [0, 0.1) is 12.8 Å². The van der Waals surface area contributed by atoms with Gasteiger partial charge in [0.2, 0.25) is 5.91 Å². The van der Waals surface area contributed by atoms with Crippen molar-refractivity contribution in [2.45, 2.75) is 71.3 Å². The van der Waals surface area contributed by atoms with Gasteiger partial charge in [0.15, 0.2) is 5.76 Å². The second-order valence-electron chi connectivity index (χ2n) is 14.9. The average Bonchev–Trinajstić information content (AvgIpc) is 3.75. The number of carbonyl (C=O) groups excluding carboxylic acids is 3. The Balaban J connectivity index is 1.24. The predicted molar refractivity (Wildman–Crippen MR) is 199 cm³/mol. The third-order valence-electron chi connectivity index (χ3n) is 9.71. The van der Waals surface area contributed by atoms with E-state index in [1.807, 2.05) is 19.1 Å². The number of nitrogens with one attached hydrogen (secondary N) is 1. The Hall–Kier alpha value is -5.03. The van der Waals surface area contributed by atoms with Gasteiger partial charge in [-0.1, -0.05) is 29.8 Å². The molecule has 1 aliphatic heterocycles. The first-order valence-electron chi connectivity index (χ1n) is 17.5. The molecular formula is C40H42ClFN4O6. The quantitative estimate of drug-likeness (QED) is 0.166. The number of aromatic nitrogens is 1. The van der Waals surface area contributed by atoms with Gasteiger partial charge in [-0.25, -0.2) is 9.18 Å². The molecule has 12 heteroatoms. The molecule has 3 aromatic carbocycles. The monoisotopic (exact) mass is 728 g/mol. The van der Waals surface area contributed by atoms with Gasteiger partial charge in [-0.15, -0.1) is 0 Å². The number of nitrogens with zero attached hydrogens (tertiary/aromatic N) is 2. The van der Waals surface area contributed by atoms with Crippen molar-refractivity contribution in [1.82, 2.24) is 14.8 Å². The minimum Gasteiger partial charge on any atom is -0.496 e. The standard InChI is InChI=1S/C40H42ClFN4O6/c1-21-35-33(50-5)15-26(38(48)45-19-27(42)17-28(20-45)44-39(49)52-40(2,3)4)16-34(35)51-36(21)32-14-25-9-8-24(13-31(25)46(32)18-22-6-7-22)23-10-11-29(37(43)47)30(41)12-23/h8-16,22,27-28H,6-7,17-20H2,1-5H3,(H2,43,47)(H,44,49)/t27-,28-/m1/s1. The Labute approximate surface area is 306 Å². The number of likely N-dealkylation sites (tertiary alicyclic amines) is 1. The second kappa shape index (κ2) is 13.5. The van der Waals surface area contributed by atoms with Gasteiger partial charge in [-0.3, -0.25) is 9.59 Å². The number of halogens is 2. The number of benzene rings is 3. The summed E-state index contributed by atoms with van der Waals surface area (Å²) in [7, 11) is 1.54. The first-order valence-corrected chi connectivity index (χ1v) is 17.8. The highest BCUT2D eigenvalue weighted by atomic mass is 35.5. The number of aryl methyl sites for hydroxylation is 1. The summed E-state index contributed by atoms with van der Waals surface area (Å²) in [6, 6.07) is 16.3. The van der Waals surface area contributed by atoms with Crippen LogP contribution in [0.1, 0.15) is 66.3 Å². The van der Waals surface area contributed by atoms with Crippen LogP contribution in [0.25, 0.3) is 44.5 Å². The van der Waals surface area contributed by atoms with Gasteiger partial charge in [0.05, 0.1) is 41.4 Å². The van der Waals surface area contributed by atoms with Crippen LogP contribution in [0.15, 0.2) is 59.0 Å². The molecule has 3 heterocycles. The lowest BCUT2D eigenvalue weighted by Crippen LogP contribution is -2.54. The number of ether oxygens (including phenoxy) is 2. The van der Waals surface area contributed by atoms with Crippen LogP contribution >= 0.6 is 11.6 Å². The molecule has 2 aliphatic rings. The van der Waals surface area contributed by atoms with Gasteiger partial charge in [-0.2, -0.15) is 0 Å². The molecule has 272 valence electrons. The maximum Gasteiger partial charge on any atom is 0.407 e. The van der Waals surface area contributed by atoms with E-state index in [0.717, 1.165) is 58.1 Å². The third kappa shape index (κ3) is 7.06. The molecule has 7 rings (SSSR count). The number of piperidine rings is 1. The van der Waals surface area contributed by atoms with Gasteiger partial charge in [-0.05, 0) is 94.0 Å². The molecule has 0 unspecified atom stereocenters. The van der Waals surface area contributed by atoms with E-state index in [0.29, 0.717) is 33.6 Å². The third-order valence-corrected chi connectivity index (χ3v) is 10.0. The molecule has 2 atom stereocenters. The molecule has 0 bridgehead atoms. The highest BCUT2D eigenvalue weighted by Gasteiger charge is 2.34. The van der Waals surface area contributed by atoms with Gasteiger partial charge >= 0.3 is 6.09 Å². The number of amides is 3. The van der Waals surface area contributed by atoms with Crippen molar-refractivity contribution in [2.75, 3.05) is 20.2 Å². The van der Waals surface area contributed by atoms with E-state index in [9.17, 15) is 18.8 Å². The number of furan rings is 1. The van der Waals surface area contributed by atoms with Crippen molar-refractivity contribution in [1.29, 1.82) is 0 Å². The number of rotatable bonds is 8. The van der Waals surface area contributed by atoms with Crippen LogP contribution in [0.3, 0.4) is 0 Å². The van der Waals surface area contributed by atoms with Gasteiger partial charge < -0.3 is 34.4 Å².